The van der Waals surface area contributed by atoms with Gasteiger partial charge in [0.05, 0.1) is 11.1 Å². The number of aryl methyl sites for hydroxylation is 3. The predicted molar refractivity (Wildman–Crippen MR) is 116 cm³/mol. The van der Waals surface area contributed by atoms with E-state index in [2.05, 4.69) is 0 Å². The lowest BCUT2D eigenvalue weighted by molar-refractivity contribution is 0.0319. The molecule has 0 spiro atoms. The van der Waals surface area contributed by atoms with Gasteiger partial charge in [0.2, 0.25) is 5.78 Å². The number of para-hydroxylation sites is 1. The largest absolute Gasteiger partial charge is 0.451 e. The summed E-state index contributed by atoms with van der Waals surface area (Å²) >= 11 is 0. The van der Waals surface area contributed by atoms with E-state index in [0.717, 1.165) is 67.1 Å². The lowest BCUT2D eigenvalue weighted by atomic mass is 9.90. The van der Waals surface area contributed by atoms with Crippen molar-refractivity contribution in [1.29, 1.82) is 0 Å². The summed E-state index contributed by atoms with van der Waals surface area (Å²) in [5, 5.41) is 0.806. The van der Waals surface area contributed by atoms with Crippen molar-refractivity contribution < 1.29 is 14.3 Å². The van der Waals surface area contributed by atoms with E-state index in [1.54, 1.807) is 6.92 Å². The minimum atomic E-state index is -0.830. The fourth-order valence-electron chi connectivity index (χ4n) is 4.84. The van der Waals surface area contributed by atoms with Crippen LogP contribution in [0.5, 0.6) is 0 Å². The third kappa shape index (κ3) is 3.30. The summed E-state index contributed by atoms with van der Waals surface area (Å²) in [6.45, 7) is 1.67. The second-order valence-corrected chi connectivity index (χ2v) is 8.39. The van der Waals surface area contributed by atoms with Crippen LogP contribution in [0, 0.1) is 0 Å². The Bertz CT molecular complexity index is 1160. The molecule has 0 radical (unpaired) electrons. The Balaban J connectivity index is 1.45. The van der Waals surface area contributed by atoms with Gasteiger partial charge < -0.3 is 4.74 Å². The fourth-order valence-corrected chi connectivity index (χ4v) is 4.84. The summed E-state index contributed by atoms with van der Waals surface area (Å²) in [6, 6.07) is 13.6. The van der Waals surface area contributed by atoms with Crippen LogP contribution >= 0.6 is 0 Å². The maximum atomic E-state index is 13.3. The van der Waals surface area contributed by atoms with E-state index in [4.69, 9.17) is 9.72 Å². The summed E-state index contributed by atoms with van der Waals surface area (Å²) in [5.74, 6) is -0.570. The van der Waals surface area contributed by atoms with Gasteiger partial charge in [0.25, 0.3) is 0 Å². The monoisotopic (exact) mass is 399 g/mol. The van der Waals surface area contributed by atoms with Crippen LogP contribution in [0.15, 0.2) is 42.5 Å². The second-order valence-electron chi connectivity index (χ2n) is 8.39. The zero-order chi connectivity index (χ0) is 20.7. The van der Waals surface area contributed by atoms with Crippen LogP contribution in [0.2, 0.25) is 0 Å². The van der Waals surface area contributed by atoms with E-state index >= 15 is 0 Å². The Hall–Kier alpha value is -3.01. The molecule has 1 heterocycles. The molecule has 4 nitrogen and oxygen atoms in total. The number of carbonyl (C=O) groups is 2. The van der Waals surface area contributed by atoms with Crippen molar-refractivity contribution in [1.82, 2.24) is 4.98 Å². The zero-order valence-electron chi connectivity index (χ0n) is 17.2. The number of hydrogen-bond donors (Lipinski definition) is 0. The summed E-state index contributed by atoms with van der Waals surface area (Å²) in [7, 11) is 0. The Morgan fingerprint density at radius 2 is 1.73 bits per heavy atom. The predicted octanol–water partition coefficient (Wildman–Crippen LogP) is 5.03. The molecule has 3 aromatic rings. The highest BCUT2D eigenvalue weighted by Gasteiger charge is 2.27. The van der Waals surface area contributed by atoms with Gasteiger partial charge in [0, 0.05) is 16.6 Å². The van der Waals surface area contributed by atoms with Crippen LogP contribution in [0.3, 0.4) is 0 Å². The summed E-state index contributed by atoms with van der Waals surface area (Å²) < 4.78 is 5.73. The first-order valence-electron chi connectivity index (χ1n) is 10.9. The van der Waals surface area contributed by atoms with Gasteiger partial charge in [-0.15, -0.1) is 0 Å². The molecule has 2 aromatic carbocycles. The number of rotatable bonds is 4. The lowest BCUT2D eigenvalue weighted by Crippen LogP contribution is -2.26. The van der Waals surface area contributed by atoms with Gasteiger partial charge in [-0.25, -0.2) is 4.79 Å². The van der Waals surface area contributed by atoms with Gasteiger partial charge >= 0.3 is 5.97 Å². The smallest absolute Gasteiger partial charge is 0.339 e. The summed E-state index contributed by atoms with van der Waals surface area (Å²) in [4.78, 5) is 31.0. The molecule has 0 amide bonds. The van der Waals surface area contributed by atoms with E-state index in [1.807, 2.05) is 42.5 Å². The molecule has 4 heteroatoms. The number of Topliss-reactive ketones (excluding diaryl/α,β-unsaturated/α-hetero) is 1. The molecule has 2 aliphatic rings. The number of ketones is 1. The number of ether oxygens (including phenoxy) is 1. The normalized spacial score (nSPS) is 16.0. The molecule has 0 bridgehead atoms. The van der Waals surface area contributed by atoms with Crippen molar-refractivity contribution >= 4 is 22.7 Å². The molecule has 0 N–H and O–H groups in total. The number of fused-ring (bicyclic) bond motifs is 3. The third-order valence-corrected chi connectivity index (χ3v) is 6.41. The van der Waals surface area contributed by atoms with Crippen LogP contribution < -0.4 is 0 Å². The average Bonchev–Trinajstić information content (AvgIpc) is 3.24. The molecule has 0 saturated heterocycles. The molecule has 30 heavy (non-hydrogen) atoms. The van der Waals surface area contributed by atoms with Crippen molar-refractivity contribution in [2.24, 2.45) is 0 Å². The molecule has 0 saturated carbocycles. The number of carbonyl (C=O) groups excluding carboxylic acids is 2. The molecule has 5 rings (SSSR count). The Kier molecular flexibility index (Phi) is 4.86. The van der Waals surface area contributed by atoms with E-state index < -0.39 is 12.1 Å². The first-order valence-corrected chi connectivity index (χ1v) is 10.9. The van der Waals surface area contributed by atoms with Crippen LogP contribution in [-0.2, 0) is 30.4 Å². The first kappa shape index (κ1) is 19.0. The van der Waals surface area contributed by atoms with Gasteiger partial charge in [-0.2, -0.15) is 0 Å². The Morgan fingerprint density at radius 3 is 2.63 bits per heavy atom. The number of pyridine rings is 1. The minimum Gasteiger partial charge on any atom is -0.451 e. The number of aromatic nitrogens is 1. The standard InChI is InChI=1S/C26H25NO3/c1-16(25(28)19-14-13-17-7-6-8-18(17)15-19)30-26(29)24-20-9-2-4-11-22(20)27-23-12-5-3-10-21(23)24/h2,4,9,11,13-16H,3,5-8,10,12H2,1H3/t16-/m1/s1. The molecular weight excluding hydrogens is 374 g/mol. The van der Waals surface area contributed by atoms with Crippen LogP contribution in [0.4, 0.5) is 0 Å². The second kappa shape index (κ2) is 7.67. The summed E-state index contributed by atoms with van der Waals surface area (Å²) in [5.41, 5.74) is 6.57. The van der Waals surface area contributed by atoms with Crippen molar-refractivity contribution in [3.63, 3.8) is 0 Å². The quantitative estimate of drug-likeness (QED) is 0.456. The van der Waals surface area contributed by atoms with Crippen molar-refractivity contribution in [3.05, 3.63) is 76.0 Å². The molecule has 152 valence electrons. The number of nitrogens with zero attached hydrogens (tertiary/aromatic N) is 1. The maximum Gasteiger partial charge on any atom is 0.339 e. The molecule has 0 aliphatic heterocycles. The van der Waals surface area contributed by atoms with Crippen molar-refractivity contribution in [2.75, 3.05) is 0 Å². The third-order valence-electron chi connectivity index (χ3n) is 6.41. The highest BCUT2D eigenvalue weighted by molar-refractivity contribution is 6.07. The molecule has 1 aromatic heterocycles. The number of benzene rings is 2. The molecule has 1 atom stereocenters. The van der Waals surface area contributed by atoms with Gasteiger partial charge in [-0.05, 0) is 80.7 Å². The van der Waals surface area contributed by atoms with Gasteiger partial charge in [-0.1, -0.05) is 30.3 Å². The molecule has 0 fully saturated rings. The molecular formula is C26H25NO3. The van der Waals surface area contributed by atoms with E-state index in [0.29, 0.717) is 11.1 Å². The van der Waals surface area contributed by atoms with Crippen molar-refractivity contribution in [3.8, 4) is 0 Å². The molecule has 0 unspecified atom stereocenters. The zero-order valence-corrected chi connectivity index (χ0v) is 17.2. The van der Waals surface area contributed by atoms with Crippen LogP contribution in [0.1, 0.15) is 69.3 Å². The van der Waals surface area contributed by atoms with Gasteiger partial charge in [0.15, 0.2) is 6.10 Å². The average molecular weight is 399 g/mol. The fraction of sp³-hybridized carbons (Fsp3) is 0.346. The molecule has 2 aliphatic carbocycles. The number of esters is 1. The lowest BCUT2D eigenvalue weighted by Gasteiger charge is -2.21. The summed E-state index contributed by atoms with van der Waals surface area (Å²) in [6.07, 6.45) is 6.22. The maximum absolute atomic E-state index is 13.3. The Morgan fingerprint density at radius 1 is 0.933 bits per heavy atom. The van der Waals surface area contributed by atoms with Crippen LogP contribution in [0.25, 0.3) is 10.9 Å². The van der Waals surface area contributed by atoms with Gasteiger partial charge in [0.1, 0.15) is 0 Å². The highest BCUT2D eigenvalue weighted by atomic mass is 16.5. The van der Waals surface area contributed by atoms with Crippen LogP contribution in [-0.4, -0.2) is 22.8 Å². The van der Waals surface area contributed by atoms with Crippen molar-refractivity contribution in [2.45, 2.75) is 58.0 Å². The van der Waals surface area contributed by atoms with E-state index in [9.17, 15) is 9.59 Å². The SMILES string of the molecule is C[C@@H](OC(=O)c1c2c(nc3ccccc13)CCCC2)C(=O)c1ccc2c(c1)CCC2. The minimum absolute atomic E-state index is 0.148. The number of hydrogen-bond acceptors (Lipinski definition) is 4. The van der Waals surface area contributed by atoms with Gasteiger partial charge in [-0.3, -0.25) is 9.78 Å². The Labute approximate surface area is 176 Å². The topological polar surface area (TPSA) is 56.3 Å². The van der Waals surface area contributed by atoms with E-state index in [1.165, 1.54) is 11.1 Å². The van der Waals surface area contributed by atoms with E-state index in [-0.39, 0.29) is 5.78 Å². The highest BCUT2D eigenvalue weighted by Crippen LogP contribution is 2.30. The first-order chi connectivity index (χ1) is 14.6.